The second-order valence-electron chi connectivity index (χ2n) is 6.36. The Hall–Kier alpha value is -2.75. The molecule has 1 aromatic heterocycles. The Morgan fingerprint density at radius 1 is 1.07 bits per heavy atom. The van der Waals surface area contributed by atoms with Crippen LogP contribution in [-0.4, -0.2) is 54.3 Å². The number of carbonyl (C=O) groups is 5. The van der Waals surface area contributed by atoms with E-state index >= 15 is 0 Å². The first-order chi connectivity index (χ1) is 13.4. The number of ether oxygens (including phenoxy) is 2. The molecule has 3 rings (SSSR count). The third-order valence-electron chi connectivity index (χ3n) is 4.46. The number of amides is 3. The maximum atomic E-state index is 12.3. The van der Waals surface area contributed by atoms with Crippen LogP contribution in [0.2, 0.25) is 0 Å². The van der Waals surface area contributed by atoms with Crippen molar-refractivity contribution in [2.45, 2.75) is 39.0 Å². The molecule has 10 heteroatoms. The summed E-state index contributed by atoms with van der Waals surface area (Å²) in [5, 5.41) is 2.98. The molecule has 9 nitrogen and oxygen atoms in total. The number of nitrogens with one attached hydrogen (secondary N) is 1. The van der Waals surface area contributed by atoms with Gasteiger partial charge >= 0.3 is 11.9 Å². The summed E-state index contributed by atoms with van der Waals surface area (Å²) in [5.41, 5.74) is 1.27. The van der Waals surface area contributed by atoms with Gasteiger partial charge < -0.3 is 14.8 Å². The van der Waals surface area contributed by atoms with Crippen molar-refractivity contribution in [3.63, 3.8) is 0 Å². The number of esters is 2. The van der Waals surface area contributed by atoms with E-state index in [-0.39, 0.29) is 19.4 Å². The van der Waals surface area contributed by atoms with Crippen LogP contribution in [0.4, 0.5) is 5.00 Å². The van der Waals surface area contributed by atoms with Gasteiger partial charge in [0.2, 0.25) is 11.8 Å². The minimum Gasteiger partial charge on any atom is -0.462 e. The lowest BCUT2D eigenvalue weighted by molar-refractivity contribution is -0.153. The second-order valence-corrected chi connectivity index (χ2v) is 7.47. The number of hydrogen-bond acceptors (Lipinski definition) is 8. The highest BCUT2D eigenvalue weighted by atomic mass is 32.1. The smallest absolute Gasteiger partial charge is 0.341 e. The third kappa shape index (κ3) is 4.22. The molecule has 0 saturated carbocycles. The van der Waals surface area contributed by atoms with E-state index in [4.69, 9.17) is 9.47 Å². The molecule has 0 atom stereocenters. The van der Waals surface area contributed by atoms with Gasteiger partial charge in [0, 0.05) is 17.7 Å². The van der Waals surface area contributed by atoms with Crippen molar-refractivity contribution in [2.75, 3.05) is 25.1 Å². The monoisotopic (exact) mass is 408 g/mol. The summed E-state index contributed by atoms with van der Waals surface area (Å²) in [6.45, 7) is 0.840. The highest BCUT2D eigenvalue weighted by Crippen LogP contribution is 2.39. The Balaban J connectivity index is 1.58. The van der Waals surface area contributed by atoms with Crippen molar-refractivity contribution < 1.29 is 33.4 Å². The standard InChI is InChI=1S/C18H20N2O7S/c1-2-26-18(25)16-10-4-3-5-11(10)28-17(16)19-12(21)9-27-15(24)8-20-13(22)6-7-14(20)23/h2-9H2,1H3,(H,19,21). The molecule has 1 aromatic rings. The number of aryl methyl sites for hydroxylation is 1. The van der Waals surface area contributed by atoms with Gasteiger partial charge in [0.05, 0.1) is 12.2 Å². The van der Waals surface area contributed by atoms with Crippen LogP contribution in [0.3, 0.4) is 0 Å². The summed E-state index contributed by atoms with van der Waals surface area (Å²) in [7, 11) is 0. The van der Waals surface area contributed by atoms with Crippen molar-refractivity contribution >= 4 is 46.0 Å². The van der Waals surface area contributed by atoms with Gasteiger partial charge in [-0.15, -0.1) is 11.3 Å². The number of rotatable bonds is 7. The molecule has 0 aromatic carbocycles. The van der Waals surface area contributed by atoms with Crippen molar-refractivity contribution in [2.24, 2.45) is 0 Å². The van der Waals surface area contributed by atoms with Gasteiger partial charge in [-0.1, -0.05) is 0 Å². The van der Waals surface area contributed by atoms with Gasteiger partial charge in [-0.3, -0.25) is 24.1 Å². The van der Waals surface area contributed by atoms with Crippen molar-refractivity contribution in [1.82, 2.24) is 4.90 Å². The van der Waals surface area contributed by atoms with Gasteiger partial charge in [-0.25, -0.2) is 4.79 Å². The highest BCUT2D eigenvalue weighted by molar-refractivity contribution is 7.17. The number of carbonyl (C=O) groups excluding carboxylic acids is 5. The lowest BCUT2D eigenvalue weighted by Crippen LogP contribution is -2.36. The van der Waals surface area contributed by atoms with Crippen molar-refractivity contribution in [1.29, 1.82) is 0 Å². The summed E-state index contributed by atoms with van der Waals surface area (Å²) in [6.07, 6.45) is 2.70. The number of thiophene rings is 1. The zero-order chi connectivity index (χ0) is 20.3. The van der Waals surface area contributed by atoms with Crippen LogP contribution in [0.25, 0.3) is 0 Å². The molecule has 0 radical (unpaired) electrons. The average Bonchev–Trinajstić information content (AvgIpc) is 3.30. The number of fused-ring (bicyclic) bond motifs is 1. The molecule has 1 aliphatic carbocycles. The van der Waals surface area contributed by atoms with Gasteiger partial charge in [-0.2, -0.15) is 0 Å². The molecule has 0 bridgehead atoms. The molecule has 2 heterocycles. The number of likely N-dealkylation sites (tertiary alicyclic amines) is 1. The number of imide groups is 1. The Morgan fingerprint density at radius 2 is 1.79 bits per heavy atom. The first-order valence-corrected chi connectivity index (χ1v) is 9.82. The van der Waals surface area contributed by atoms with E-state index in [1.165, 1.54) is 11.3 Å². The van der Waals surface area contributed by atoms with Gasteiger partial charge in [0.15, 0.2) is 6.61 Å². The molecule has 0 spiro atoms. The molecule has 150 valence electrons. The zero-order valence-electron chi connectivity index (χ0n) is 15.4. The lowest BCUT2D eigenvalue weighted by Gasteiger charge is -2.13. The maximum absolute atomic E-state index is 12.3. The second kappa shape index (κ2) is 8.51. The Kier molecular flexibility index (Phi) is 6.08. The van der Waals surface area contributed by atoms with E-state index in [9.17, 15) is 24.0 Å². The van der Waals surface area contributed by atoms with E-state index < -0.39 is 42.8 Å². The summed E-state index contributed by atoms with van der Waals surface area (Å²) in [4.78, 5) is 61.1. The largest absolute Gasteiger partial charge is 0.462 e. The van der Waals surface area contributed by atoms with Gasteiger partial charge in [0.25, 0.3) is 5.91 Å². The van der Waals surface area contributed by atoms with Crippen LogP contribution in [0.15, 0.2) is 0 Å². The van der Waals surface area contributed by atoms with Crippen LogP contribution < -0.4 is 5.32 Å². The van der Waals surface area contributed by atoms with Crippen LogP contribution >= 0.6 is 11.3 Å². The number of anilines is 1. The fourth-order valence-electron chi connectivity index (χ4n) is 3.19. The summed E-state index contributed by atoms with van der Waals surface area (Å²) < 4.78 is 9.94. The van der Waals surface area contributed by atoms with Gasteiger partial charge in [0.1, 0.15) is 11.5 Å². The van der Waals surface area contributed by atoms with E-state index in [1.807, 2.05) is 0 Å². The SMILES string of the molecule is CCOC(=O)c1c(NC(=O)COC(=O)CN2C(=O)CCC2=O)sc2c1CCC2. The zero-order valence-corrected chi connectivity index (χ0v) is 16.2. The molecule has 1 N–H and O–H groups in total. The lowest BCUT2D eigenvalue weighted by atomic mass is 10.1. The van der Waals surface area contributed by atoms with Crippen LogP contribution in [-0.2, 0) is 41.5 Å². The fraction of sp³-hybridized carbons (Fsp3) is 0.500. The quantitative estimate of drug-likeness (QED) is 0.529. The molecule has 3 amide bonds. The van der Waals surface area contributed by atoms with Gasteiger partial charge in [-0.05, 0) is 31.7 Å². The van der Waals surface area contributed by atoms with Crippen LogP contribution in [0, 0.1) is 0 Å². The Bertz CT molecular complexity index is 829. The van der Waals surface area contributed by atoms with Crippen LogP contribution in [0.1, 0.15) is 47.0 Å². The topological polar surface area (TPSA) is 119 Å². The summed E-state index contributed by atoms with van der Waals surface area (Å²) >= 11 is 1.32. The maximum Gasteiger partial charge on any atom is 0.341 e. The predicted octanol–water partition coefficient (Wildman–Crippen LogP) is 1.04. The highest BCUT2D eigenvalue weighted by Gasteiger charge is 2.31. The summed E-state index contributed by atoms with van der Waals surface area (Å²) in [5.74, 6) is -2.81. The first kappa shape index (κ1) is 20.0. The fourth-order valence-corrected chi connectivity index (χ4v) is 4.49. The number of hydrogen-bond donors (Lipinski definition) is 1. The molecule has 1 aliphatic heterocycles. The first-order valence-electron chi connectivity index (χ1n) is 9.01. The predicted molar refractivity (Wildman–Crippen MR) is 97.8 cm³/mol. The van der Waals surface area contributed by atoms with E-state index in [2.05, 4.69) is 5.32 Å². The molecule has 2 aliphatic rings. The Morgan fingerprint density at radius 3 is 2.46 bits per heavy atom. The van der Waals surface area contributed by atoms with Crippen molar-refractivity contribution in [3.8, 4) is 0 Å². The molecule has 1 saturated heterocycles. The van der Waals surface area contributed by atoms with Crippen molar-refractivity contribution in [3.05, 3.63) is 16.0 Å². The summed E-state index contributed by atoms with van der Waals surface area (Å²) in [6, 6.07) is 0. The Labute approximate surface area is 165 Å². The molecule has 0 unspecified atom stereocenters. The molecule has 28 heavy (non-hydrogen) atoms. The molecule has 1 fully saturated rings. The minimum absolute atomic E-state index is 0.0757. The van der Waals surface area contributed by atoms with E-state index in [1.54, 1.807) is 6.92 Å². The van der Waals surface area contributed by atoms with E-state index in [0.717, 1.165) is 34.6 Å². The third-order valence-corrected chi connectivity index (χ3v) is 5.67. The minimum atomic E-state index is -0.849. The molecular weight excluding hydrogens is 388 g/mol. The normalized spacial score (nSPS) is 15.5. The van der Waals surface area contributed by atoms with E-state index in [0.29, 0.717) is 10.6 Å². The number of nitrogens with zero attached hydrogens (tertiary/aromatic N) is 1. The van der Waals surface area contributed by atoms with Crippen LogP contribution in [0.5, 0.6) is 0 Å². The molecular formula is C18H20N2O7S. The average molecular weight is 408 g/mol.